The molecule has 2 aromatic carbocycles. The molecule has 13 heteroatoms. The minimum atomic E-state index is -1.08. The molecule has 0 saturated carbocycles. The maximum atomic E-state index is 14.5. The number of piperidine rings is 1. The van der Waals surface area contributed by atoms with Crippen LogP contribution in [0.2, 0.25) is 0 Å². The summed E-state index contributed by atoms with van der Waals surface area (Å²) in [5.74, 6) is -2.00. The molecule has 1 aromatic heterocycles. The molecule has 2 saturated heterocycles. The van der Waals surface area contributed by atoms with Gasteiger partial charge in [0.15, 0.2) is 0 Å². The van der Waals surface area contributed by atoms with Gasteiger partial charge in [0.25, 0.3) is 11.8 Å². The molecule has 2 fully saturated rings. The van der Waals surface area contributed by atoms with E-state index >= 15 is 0 Å². The quantitative estimate of drug-likeness (QED) is 0.284. The number of urea groups is 1. The van der Waals surface area contributed by atoms with Crippen molar-refractivity contribution in [3.05, 3.63) is 82.5 Å². The van der Waals surface area contributed by atoms with Gasteiger partial charge in [-0.05, 0) is 69.1 Å². The van der Waals surface area contributed by atoms with Crippen LogP contribution in [0.5, 0.6) is 11.6 Å². The summed E-state index contributed by atoms with van der Waals surface area (Å²) in [7, 11) is 2.06. The average molecular weight is 678 g/mol. The van der Waals surface area contributed by atoms with Gasteiger partial charge in [-0.25, -0.2) is 18.6 Å². The molecule has 0 unspecified atom stereocenters. The van der Waals surface area contributed by atoms with Crippen LogP contribution in [0.25, 0.3) is 0 Å². The highest BCUT2D eigenvalue weighted by Gasteiger charge is 2.29. The van der Waals surface area contributed by atoms with E-state index in [2.05, 4.69) is 27.1 Å². The number of unbranched alkanes of at least 4 members (excludes halogenated alkanes) is 1. The predicted octanol–water partition coefficient (Wildman–Crippen LogP) is 5.25. The predicted molar refractivity (Wildman–Crippen MR) is 183 cm³/mol. The largest absolute Gasteiger partial charge is 0.439 e. The van der Waals surface area contributed by atoms with Gasteiger partial charge in [-0.3, -0.25) is 14.5 Å². The second kappa shape index (κ2) is 16.2. The van der Waals surface area contributed by atoms with Crippen molar-refractivity contribution >= 4 is 23.5 Å². The summed E-state index contributed by atoms with van der Waals surface area (Å²) in [6, 6.07) is 11.9. The number of nitrogens with two attached hydrogens (primary N) is 1. The van der Waals surface area contributed by atoms with E-state index in [9.17, 15) is 23.2 Å². The molecule has 11 nitrogen and oxygen atoms in total. The Morgan fingerprint density at radius 1 is 0.980 bits per heavy atom. The molecular formula is C36H45F2N7O4. The van der Waals surface area contributed by atoms with Crippen LogP contribution in [-0.2, 0) is 6.54 Å². The number of anilines is 1. The fourth-order valence-corrected chi connectivity index (χ4v) is 6.20. The van der Waals surface area contributed by atoms with Crippen LogP contribution in [0.4, 0.5) is 19.3 Å². The third kappa shape index (κ3) is 9.09. The summed E-state index contributed by atoms with van der Waals surface area (Å²) < 4.78 is 34.5. The summed E-state index contributed by atoms with van der Waals surface area (Å²) >= 11 is 0. The van der Waals surface area contributed by atoms with Crippen molar-refractivity contribution in [3.63, 3.8) is 0 Å². The second-order valence-electron chi connectivity index (χ2n) is 12.8. The number of rotatable bonds is 11. The smallest absolute Gasteiger partial charge is 0.322 e. The van der Waals surface area contributed by atoms with Gasteiger partial charge in [0.2, 0.25) is 5.88 Å². The molecule has 0 spiro atoms. The first-order chi connectivity index (χ1) is 23.5. The fraction of sp³-hybridized carbons (Fsp3) is 0.444. The number of nitrogens with zero attached hydrogens (tertiary/aromatic N) is 5. The van der Waals surface area contributed by atoms with Crippen molar-refractivity contribution in [2.75, 3.05) is 58.2 Å². The molecule has 3 aromatic rings. The molecule has 0 aliphatic carbocycles. The molecule has 49 heavy (non-hydrogen) atoms. The number of hydrogen-bond acceptors (Lipinski definition) is 7. The van der Waals surface area contributed by atoms with Gasteiger partial charge in [0.1, 0.15) is 17.4 Å². The van der Waals surface area contributed by atoms with Gasteiger partial charge >= 0.3 is 6.03 Å². The van der Waals surface area contributed by atoms with Crippen LogP contribution in [0.1, 0.15) is 64.6 Å². The monoisotopic (exact) mass is 677 g/mol. The lowest BCUT2D eigenvalue weighted by Crippen LogP contribution is -2.49. The van der Waals surface area contributed by atoms with Gasteiger partial charge in [-0.15, -0.1) is 0 Å². The summed E-state index contributed by atoms with van der Waals surface area (Å²) in [5.41, 5.74) is 6.98. The van der Waals surface area contributed by atoms with Crippen molar-refractivity contribution in [3.8, 4) is 11.6 Å². The van der Waals surface area contributed by atoms with Gasteiger partial charge in [-0.2, -0.15) is 0 Å². The highest BCUT2D eigenvalue weighted by molar-refractivity contribution is 5.96. The van der Waals surface area contributed by atoms with Gasteiger partial charge in [0.05, 0.1) is 11.3 Å². The number of carbonyl (C=O) groups excluding carboxylic acids is 3. The summed E-state index contributed by atoms with van der Waals surface area (Å²) in [5, 5.41) is 2.53. The number of likely N-dealkylation sites (N-methyl/N-ethyl adjacent to an activating group) is 1. The van der Waals surface area contributed by atoms with E-state index < -0.39 is 29.1 Å². The molecule has 2 aliphatic heterocycles. The van der Waals surface area contributed by atoms with Gasteiger partial charge < -0.3 is 30.5 Å². The Morgan fingerprint density at radius 3 is 2.31 bits per heavy atom. The molecule has 2 aliphatic rings. The normalized spacial score (nSPS) is 16.0. The maximum Gasteiger partial charge on any atom is 0.322 e. The molecule has 3 N–H and O–H groups in total. The number of pyridine rings is 1. The number of hydrogen-bond donors (Lipinski definition) is 2. The minimum absolute atomic E-state index is 0.0273. The zero-order valence-electron chi connectivity index (χ0n) is 28.4. The molecule has 0 atom stereocenters. The van der Waals surface area contributed by atoms with E-state index in [-0.39, 0.29) is 17.6 Å². The van der Waals surface area contributed by atoms with Gasteiger partial charge in [0, 0.05) is 81.8 Å². The van der Waals surface area contributed by atoms with Crippen molar-refractivity contribution < 1.29 is 27.9 Å². The number of benzene rings is 2. The first-order valence-corrected chi connectivity index (χ1v) is 16.8. The summed E-state index contributed by atoms with van der Waals surface area (Å²) in [6.45, 7) is 9.81. The number of likely N-dealkylation sites (tertiary alicyclic amines) is 1. The van der Waals surface area contributed by atoms with Crippen molar-refractivity contribution in [2.45, 2.75) is 52.1 Å². The number of halogens is 2. The van der Waals surface area contributed by atoms with E-state index in [0.29, 0.717) is 36.3 Å². The van der Waals surface area contributed by atoms with Crippen LogP contribution in [-0.4, -0.2) is 101 Å². The van der Waals surface area contributed by atoms with Crippen molar-refractivity contribution in [1.29, 1.82) is 0 Å². The molecule has 0 bridgehead atoms. The zero-order valence-corrected chi connectivity index (χ0v) is 28.4. The second-order valence-corrected chi connectivity index (χ2v) is 12.8. The lowest BCUT2D eigenvalue weighted by molar-refractivity contribution is 0.0664. The number of amides is 4. The molecular weight excluding hydrogens is 632 g/mol. The summed E-state index contributed by atoms with van der Waals surface area (Å²) in [6.07, 6.45) is 3.07. The van der Waals surface area contributed by atoms with Crippen LogP contribution in [0.15, 0.2) is 48.5 Å². The highest BCUT2D eigenvalue weighted by atomic mass is 19.1. The Labute approximate surface area is 286 Å². The van der Waals surface area contributed by atoms with E-state index in [1.807, 2.05) is 30.9 Å². The van der Waals surface area contributed by atoms with Crippen molar-refractivity contribution in [1.82, 2.24) is 24.6 Å². The maximum absolute atomic E-state index is 14.5. The third-order valence-corrected chi connectivity index (χ3v) is 9.25. The first-order valence-electron chi connectivity index (χ1n) is 16.8. The fourth-order valence-electron chi connectivity index (χ4n) is 6.20. The lowest BCUT2D eigenvalue weighted by Gasteiger charge is -2.38. The first kappa shape index (κ1) is 35.7. The number of ether oxygens (including phenoxy) is 1. The molecule has 5 rings (SSSR count). The Bertz CT molecular complexity index is 1640. The Kier molecular flexibility index (Phi) is 11.8. The minimum Gasteiger partial charge on any atom is -0.439 e. The van der Waals surface area contributed by atoms with Crippen molar-refractivity contribution in [2.24, 2.45) is 5.73 Å². The Morgan fingerprint density at radius 2 is 1.67 bits per heavy atom. The van der Waals surface area contributed by atoms with Crippen LogP contribution in [0, 0.1) is 18.6 Å². The summed E-state index contributed by atoms with van der Waals surface area (Å²) in [4.78, 5) is 50.5. The zero-order chi connectivity index (χ0) is 35.1. The third-order valence-electron chi connectivity index (χ3n) is 9.25. The average Bonchev–Trinajstić information content (AvgIpc) is 3.08. The number of piperazine rings is 1. The topological polar surface area (TPSA) is 124 Å². The van der Waals surface area contributed by atoms with E-state index in [0.717, 1.165) is 82.3 Å². The Hall–Kier alpha value is -4.62. The number of aryl methyl sites for hydroxylation is 1. The molecule has 4 amide bonds. The highest BCUT2D eigenvalue weighted by Crippen LogP contribution is 2.26. The number of carbonyl (C=O) groups is 3. The molecule has 262 valence electrons. The van der Waals surface area contributed by atoms with E-state index in [1.54, 1.807) is 29.2 Å². The lowest BCUT2D eigenvalue weighted by atomic mass is 10.0. The number of primary amides is 1. The molecule has 3 heterocycles. The Balaban J connectivity index is 1.14. The van der Waals surface area contributed by atoms with Gasteiger partial charge in [-0.1, -0.05) is 19.4 Å². The SMILES string of the molecule is CCCCN(C(=O)Nc1cc(C(N)=O)c(F)cc1F)C1CCN(Cc2ccc(Oc3ccc(C(=O)N4CCN(C)CC4)cc3)nc2C)CC1. The van der Waals surface area contributed by atoms with Crippen LogP contribution < -0.4 is 15.8 Å². The molecule has 0 radical (unpaired) electrons. The number of aromatic nitrogens is 1. The van der Waals surface area contributed by atoms with E-state index in [1.165, 1.54) is 0 Å². The van der Waals surface area contributed by atoms with Crippen LogP contribution >= 0.6 is 0 Å². The number of nitrogens with one attached hydrogen (secondary N) is 1. The van der Waals surface area contributed by atoms with E-state index in [4.69, 9.17) is 10.5 Å². The van der Waals surface area contributed by atoms with Crippen LogP contribution in [0.3, 0.4) is 0 Å². The standard InChI is InChI=1S/C36H45F2N7O4/c1-4-5-14-45(36(48)41-32-21-29(34(39)46)30(37)22-31(32)38)27-12-15-43(16-13-27)23-26-8-11-33(40-24(26)2)49-28-9-6-25(7-10-28)35(47)44-19-17-42(3)18-20-44/h6-11,21-22,27H,4-5,12-20,23H2,1-3H3,(H2,39,46)(H,41,48).